The Hall–Kier alpha value is -2.99. The molecular formula is C24H16Cl2O5. The third kappa shape index (κ3) is 4.12. The van der Waals surface area contributed by atoms with Gasteiger partial charge in [0.1, 0.15) is 23.7 Å². The second kappa shape index (κ2) is 8.27. The standard InChI is InChI=1S/C24H16Cl2O5/c25-18-4-1-14(2-5-18)21-9-15-3-6-20(10-22(15)31-24(21)27)29-12-17-8-19(26)7-16-11-28-13-30-23(16)17/h1-10H,11-13H2. The fraction of sp³-hybridized carbons (Fsp3) is 0.125. The van der Waals surface area contributed by atoms with E-state index in [9.17, 15) is 4.79 Å². The molecule has 7 heteroatoms. The maximum absolute atomic E-state index is 12.5. The minimum absolute atomic E-state index is 0.193. The summed E-state index contributed by atoms with van der Waals surface area (Å²) in [6.07, 6.45) is 0. The van der Waals surface area contributed by atoms with Crippen molar-refractivity contribution < 1.29 is 18.6 Å². The van der Waals surface area contributed by atoms with E-state index in [0.29, 0.717) is 33.5 Å². The van der Waals surface area contributed by atoms with Crippen LogP contribution in [0.3, 0.4) is 0 Å². The van der Waals surface area contributed by atoms with E-state index in [1.165, 1.54) is 0 Å². The fourth-order valence-electron chi connectivity index (χ4n) is 3.54. The Labute approximate surface area is 187 Å². The Kier molecular flexibility index (Phi) is 5.32. The van der Waals surface area contributed by atoms with E-state index in [2.05, 4.69) is 0 Å². The van der Waals surface area contributed by atoms with Gasteiger partial charge in [0.2, 0.25) is 0 Å². The highest BCUT2D eigenvalue weighted by Gasteiger charge is 2.17. The molecule has 5 rings (SSSR count). The monoisotopic (exact) mass is 454 g/mol. The van der Waals surface area contributed by atoms with Crippen LogP contribution in [0.25, 0.3) is 22.1 Å². The van der Waals surface area contributed by atoms with Crippen LogP contribution in [0.5, 0.6) is 11.5 Å². The summed E-state index contributed by atoms with van der Waals surface area (Å²) in [6.45, 7) is 0.889. The van der Waals surface area contributed by atoms with Gasteiger partial charge in [-0.1, -0.05) is 35.3 Å². The minimum atomic E-state index is -0.427. The van der Waals surface area contributed by atoms with Gasteiger partial charge in [-0.2, -0.15) is 0 Å². The van der Waals surface area contributed by atoms with E-state index in [1.807, 2.05) is 24.3 Å². The summed E-state index contributed by atoms with van der Waals surface area (Å²) in [5.41, 5.74) is 2.95. The van der Waals surface area contributed by atoms with E-state index < -0.39 is 5.63 Å². The molecule has 1 aliphatic heterocycles. The summed E-state index contributed by atoms with van der Waals surface area (Å²) in [5, 5.41) is 1.98. The van der Waals surface area contributed by atoms with Crippen molar-refractivity contribution in [1.29, 1.82) is 0 Å². The minimum Gasteiger partial charge on any atom is -0.489 e. The molecule has 1 aliphatic rings. The summed E-state index contributed by atoms with van der Waals surface area (Å²) < 4.78 is 22.4. The Balaban J connectivity index is 1.42. The Morgan fingerprint density at radius 3 is 2.61 bits per heavy atom. The number of hydrogen-bond acceptors (Lipinski definition) is 5. The number of hydrogen-bond donors (Lipinski definition) is 0. The van der Waals surface area contributed by atoms with Gasteiger partial charge >= 0.3 is 5.63 Å². The van der Waals surface area contributed by atoms with Gasteiger partial charge in [-0.15, -0.1) is 0 Å². The molecular weight excluding hydrogens is 439 g/mol. The lowest BCUT2D eigenvalue weighted by Crippen LogP contribution is -2.14. The molecule has 0 fully saturated rings. The largest absolute Gasteiger partial charge is 0.489 e. The van der Waals surface area contributed by atoms with Crippen LogP contribution < -0.4 is 15.1 Å². The lowest BCUT2D eigenvalue weighted by Gasteiger charge is -2.21. The lowest BCUT2D eigenvalue weighted by molar-refractivity contribution is -0.0175. The SMILES string of the molecule is O=c1oc2cc(OCc3cc(Cl)cc4c3OCOC4)ccc2cc1-c1ccc(Cl)cc1. The summed E-state index contributed by atoms with van der Waals surface area (Å²) in [7, 11) is 0. The molecule has 1 aromatic heterocycles. The zero-order chi connectivity index (χ0) is 21.4. The first kappa shape index (κ1) is 19.9. The smallest absolute Gasteiger partial charge is 0.344 e. The molecule has 156 valence electrons. The average molecular weight is 455 g/mol. The van der Waals surface area contributed by atoms with Crippen molar-refractivity contribution in [2.75, 3.05) is 6.79 Å². The van der Waals surface area contributed by atoms with Crippen LogP contribution in [0.1, 0.15) is 11.1 Å². The summed E-state index contributed by atoms with van der Waals surface area (Å²) in [6, 6.07) is 17.9. The number of halogens is 2. The van der Waals surface area contributed by atoms with E-state index in [0.717, 1.165) is 27.8 Å². The number of fused-ring (bicyclic) bond motifs is 2. The van der Waals surface area contributed by atoms with Gasteiger partial charge in [0.25, 0.3) is 0 Å². The van der Waals surface area contributed by atoms with Gasteiger partial charge in [0.05, 0.1) is 12.2 Å². The van der Waals surface area contributed by atoms with Gasteiger partial charge in [0.15, 0.2) is 6.79 Å². The molecule has 2 heterocycles. The third-order valence-electron chi connectivity index (χ3n) is 5.01. The molecule has 31 heavy (non-hydrogen) atoms. The number of rotatable bonds is 4. The highest BCUT2D eigenvalue weighted by Crippen LogP contribution is 2.33. The van der Waals surface area contributed by atoms with Gasteiger partial charge < -0.3 is 18.6 Å². The second-order valence-corrected chi connectivity index (χ2v) is 7.98. The second-order valence-electron chi connectivity index (χ2n) is 7.11. The zero-order valence-corrected chi connectivity index (χ0v) is 17.7. The summed E-state index contributed by atoms with van der Waals surface area (Å²) >= 11 is 12.1. The molecule has 0 spiro atoms. The predicted octanol–water partition coefficient (Wildman–Crippen LogP) is 6.21. The topological polar surface area (TPSA) is 57.9 Å². The van der Waals surface area contributed by atoms with Crippen molar-refractivity contribution in [2.45, 2.75) is 13.2 Å². The Morgan fingerprint density at radius 1 is 0.935 bits per heavy atom. The average Bonchev–Trinajstić information content (AvgIpc) is 2.77. The molecule has 0 saturated heterocycles. The van der Waals surface area contributed by atoms with E-state index in [1.54, 1.807) is 36.4 Å². The fourth-order valence-corrected chi connectivity index (χ4v) is 3.93. The highest BCUT2D eigenvalue weighted by molar-refractivity contribution is 6.31. The first-order valence-electron chi connectivity index (χ1n) is 9.55. The highest BCUT2D eigenvalue weighted by atomic mass is 35.5. The predicted molar refractivity (Wildman–Crippen MR) is 119 cm³/mol. The normalized spacial score (nSPS) is 13.0. The first-order chi connectivity index (χ1) is 15.1. The molecule has 0 N–H and O–H groups in total. The quantitative estimate of drug-likeness (QED) is 0.343. The molecule has 0 bridgehead atoms. The van der Waals surface area contributed by atoms with Crippen LogP contribution in [0.2, 0.25) is 10.0 Å². The zero-order valence-electron chi connectivity index (χ0n) is 16.2. The molecule has 0 unspecified atom stereocenters. The van der Waals surface area contributed by atoms with Crippen LogP contribution in [0.15, 0.2) is 69.9 Å². The first-order valence-corrected chi connectivity index (χ1v) is 10.3. The van der Waals surface area contributed by atoms with Crippen LogP contribution in [-0.2, 0) is 18.0 Å². The van der Waals surface area contributed by atoms with Crippen LogP contribution in [-0.4, -0.2) is 6.79 Å². The van der Waals surface area contributed by atoms with E-state index in [-0.39, 0.29) is 13.4 Å². The van der Waals surface area contributed by atoms with Crippen molar-refractivity contribution in [2.24, 2.45) is 0 Å². The Bertz CT molecular complexity index is 1330. The van der Waals surface area contributed by atoms with Gasteiger partial charge in [-0.3, -0.25) is 0 Å². The molecule has 0 radical (unpaired) electrons. The van der Waals surface area contributed by atoms with E-state index >= 15 is 0 Å². The lowest BCUT2D eigenvalue weighted by atomic mass is 10.1. The Morgan fingerprint density at radius 2 is 1.77 bits per heavy atom. The van der Waals surface area contributed by atoms with Crippen molar-refractivity contribution in [3.8, 4) is 22.6 Å². The molecule has 0 saturated carbocycles. The van der Waals surface area contributed by atoms with E-state index in [4.69, 9.17) is 41.8 Å². The molecule has 0 atom stereocenters. The van der Waals surface area contributed by atoms with Gasteiger partial charge in [-0.05, 0) is 48.0 Å². The molecule has 3 aromatic carbocycles. The number of benzene rings is 3. The van der Waals surface area contributed by atoms with Crippen LogP contribution in [0, 0.1) is 0 Å². The third-order valence-corrected chi connectivity index (χ3v) is 5.48. The molecule has 4 aromatic rings. The van der Waals surface area contributed by atoms with Crippen LogP contribution in [0.4, 0.5) is 0 Å². The van der Waals surface area contributed by atoms with Crippen molar-refractivity contribution in [3.63, 3.8) is 0 Å². The van der Waals surface area contributed by atoms with Crippen molar-refractivity contribution >= 4 is 34.2 Å². The molecule has 5 nitrogen and oxygen atoms in total. The van der Waals surface area contributed by atoms with Gasteiger partial charge in [-0.25, -0.2) is 4.79 Å². The summed E-state index contributed by atoms with van der Waals surface area (Å²) in [5.74, 6) is 1.30. The maximum Gasteiger partial charge on any atom is 0.344 e. The summed E-state index contributed by atoms with van der Waals surface area (Å²) in [4.78, 5) is 12.5. The van der Waals surface area contributed by atoms with Gasteiger partial charge in [0, 0.05) is 32.6 Å². The maximum atomic E-state index is 12.5. The van der Waals surface area contributed by atoms with Crippen LogP contribution >= 0.6 is 23.2 Å². The van der Waals surface area contributed by atoms with Crippen molar-refractivity contribution in [1.82, 2.24) is 0 Å². The molecule has 0 aliphatic carbocycles. The van der Waals surface area contributed by atoms with Crippen molar-refractivity contribution in [3.05, 3.63) is 92.3 Å². The molecule has 0 amide bonds. The number of ether oxygens (including phenoxy) is 3.